The van der Waals surface area contributed by atoms with E-state index in [9.17, 15) is 4.79 Å². The highest BCUT2D eigenvalue weighted by molar-refractivity contribution is 7.96. The van der Waals surface area contributed by atoms with Gasteiger partial charge in [-0.3, -0.25) is 9.52 Å². The van der Waals surface area contributed by atoms with Crippen molar-refractivity contribution in [3.8, 4) is 0 Å². The van der Waals surface area contributed by atoms with E-state index >= 15 is 0 Å². The van der Waals surface area contributed by atoms with Gasteiger partial charge < -0.3 is 9.63 Å². The number of carboxylic acids is 1. The molecule has 1 unspecified atom stereocenters. The summed E-state index contributed by atoms with van der Waals surface area (Å²) in [4.78, 5) is 15.5. The predicted molar refractivity (Wildman–Crippen MR) is 90.1 cm³/mol. The van der Waals surface area contributed by atoms with Crippen LogP contribution in [0.3, 0.4) is 0 Å². The monoisotopic (exact) mass is 341 g/mol. The van der Waals surface area contributed by atoms with Crippen LogP contribution in [0.15, 0.2) is 4.52 Å². The number of nitrogens with one attached hydrogen (secondary N) is 1. The van der Waals surface area contributed by atoms with Gasteiger partial charge in [-0.2, -0.15) is 4.98 Å². The Hall–Kier alpha value is -1.08. The van der Waals surface area contributed by atoms with E-state index in [1.165, 1.54) is 50.5 Å². The first-order chi connectivity index (χ1) is 11.2. The topological polar surface area (TPSA) is 88.2 Å². The molecule has 2 rings (SSSR count). The molecule has 1 fully saturated rings. The van der Waals surface area contributed by atoms with Crippen LogP contribution in [0.2, 0.25) is 0 Å². The molecule has 0 aliphatic heterocycles. The van der Waals surface area contributed by atoms with Crippen molar-refractivity contribution >= 4 is 17.9 Å². The lowest BCUT2D eigenvalue weighted by molar-refractivity contribution is -0.137. The molecule has 1 aliphatic carbocycles. The maximum atomic E-state index is 11.1. The van der Waals surface area contributed by atoms with Crippen molar-refractivity contribution in [2.75, 3.05) is 6.26 Å². The van der Waals surface area contributed by atoms with Crippen LogP contribution in [0, 0.1) is 5.92 Å². The molecule has 1 heterocycles. The van der Waals surface area contributed by atoms with Gasteiger partial charge in [-0.1, -0.05) is 62.1 Å². The van der Waals surface area contributed by atoms with Gasteiger partial charge in [0.15, 0.2) is 5.82 Å². The predicted octanol–water partition coefficient (Wildman–Crippen LogP) is 3.75. The molecule has 0 aromatic carbocycles. The van der Waals surface area contributed by atoms with E-state index in [4.69, 9.17) is 9.63 Å². The van der Waals surface area contributed by atoms with E-state index in [2.05, 4.69) is 14.9 Å². The summed E-state index contributed by atoms with van der Waals surface area (Å²) >= 11 is 1.49. The molecule has 0 amide bonds. The highest BCUT2D eigenvalue weighted by atomic mass is 32.2. The number of nitrogens with zero attached hydrogens (tertiary/aromatic N) is 2. The maximum absolute atomic E-state index is 11.1. The summed E-state index contributed by atoms with van der Waals surface area (Å²) in [5.41, 5.74) is 0. The SMILES string of the molecule is CSNCc1noc(C(CCCC2CCCCC2)CC(=O)O)n1. The van der Waals surface area contributed by atoms with Crippen LogP contribution < -0.4 is 4.72 Å². The van der Waals surface area contributed by atoms with Crippen molar-refractivity contribution in [2.45, 2.75) is 70.3 Å². The second-order valence-corrected chi connectivity index (χ2v) is 7.00. The van der Waals surface area contributed by atoms with Crippen LogP contribution in [-0.4, -0.2) is 27.5 Å². The lowest BCUT2D eigenvalue weighted by Crippen LogP contribution is -2.10. The van der Waals surface area contributed by atoms with Crippen LogP contribution in [-0.2, 0) is 11.3 Å². The summed E-state index contributed by atoms with van der Waals surface area (Å²) in [7, 11) is 0. The number of rotatable bonds is 10. The fourth-order valence-electron chi connectivity index (χ4n) is 3.29. The smallest absolute Gasteiger partial charge is 0.304 e. The fourth-order valence-corrected chi connectivity index (χ4v) is 3.57. The molecule has 1 atom stereocenters. The third kappa shape index (κ3) is 6.51. The average molecular weight is 341 g/mol. The normalized spacial score (nSPS) is 17.3. The summed E-state index contributed by atoms with van der Waals surface area (Å²) in [5, 5.41) is 13.1. The molecule has 0 spiro atoms. The van der Waals surface area contributed by atoms with Gasteiger partial charge in [-0.05, 0) is 18.6 Å². The van der Waals surface area contributed by atoms with Gasteiger partial charge >= 0.3 is 5.97 Å². The lowest BCUT2D eigenvalue weighted by Gasteiger charge is -2.21. The minimum Gasteiger partial charge on any atom is -0.481 e. The molecule has 0 bridgehead atoms. The van der Waals surface area contributed by atoms with Crippen molar-refractivity contribution in [2.24, 2.45) is 5.92 Å². The van der Waals surface area contributed by atoms with Gasteiger partial charge in [0.05, 0.1) is 13.0 Å². The van der Waals surface area contributed by atoms with E-state index in [1.807, 2.05) is 6.26 Å². The second-order valence-electron chi connectivity index (χ2n) is 6.30. The first kappa shape index (κ1) is 18.3. The zero-order valence-corrected chi connectivity index (χ0v) is 14.6. The number of hydrogen-bond donors (Lipinski definition) is 2. The van der Waals surface area contributed by atoms with Gasteiger partial charge in [0, 0.05) is 5.92 Å². The molecular weight excluding hydrogens is 314 g/mol. The summed E-state index contributed by atoms with van der Waals surface area (Å²) in [5.74, 6) is 0.880. The zero-order chi connectivity index (χ0) is 16.5. The Balaban J connectivity index is 1.85. The summed E-state index contributed by atoms with van der Waals surface area (Å²) in [6.07, 6.45) is 11.7. The van der Waals surface area contributed by atoms with Crippen molar-refractivity contribution in [3.05, 3.63) is 11.7 Å². The Labute approximate surface area is 141 Å². The van der Waals surface area contributed by atoms with Crippen LogP contribution in [0.5, 0.6) is 0 Å². The quantitative estimate of drug-likeness (QED) is 0.627. The number of carboxylic acid groups (broad SMARTS) is 1. The summed E-state index contributed by atoms with van der Waals surface area (Å²) in [6.45, 7) is 0.520. The Morgan fingerprint density at radius 1 is 1.43 bits per heavy atom. The molecule has 0 saturated heterocycles. The molecule has 6 nitrogen and oxygen atoms in total. The molecule has 1 aliphatic rings. The summed E-state index contributed by atoms with van der Waals surface area (Å²) in [6, 6.07) is 0. The Bertz CT molecular complexity index is 475. The maximum Gasteiger partial charge on any atom is 0.304 e. The van der Waals surface area contributed by atoms with Crippen molar-refractivity contribution in [1.29, 1.82) is 0 Å². The molecule has 130 valence electrons. The Morgan fingerprint density at radius 3 is 2.91 bits per heavy atom. The minimum absolute atomic E-state index is 0.0578. The van der Waals surface area contributed by atoms with Crippen molar-refractivity contribution < 1.29 is 14.4 Å². The minimum atomic E-state index is -0.811. The van der Waals surface area contributed by atoms with Gasteiger partial charge in [0.2, 0.25) is 5.89 Å². The number of aliphatic carboxylic acids is 1. The molecule has 0 radical (unpaired) electrons. The van der Waals surface area contributed by atoms with E-state index in [0.29, 0.717) is 18.3 Å². The van der Waals surface area contributed by atoms with Crippen molar-refractivity contribution in [3.63, 3.8) is 0 Å². The molecular formula is C16H27N3O3S. The van der Waals surface area contributed by atoms with E-state index < -0.39 is 5.97 Å². The first-order valence-corrected chi connectivity index (χ1v) is 9.71. The third-order valence-corrected chi connectivity index (χ3v) is 4.95. The first-order valence-electron chi connectivity index (χ1n) is 8.49. The molecule has 7 heteroatoms. The fraction of sp³-hybridized carbons (Fsp3) is 0.812. The van der Waals surface area contributed by atoms with Crippen molar-refractivity contribution in [1.82, 2.24) is 14.9 Å². The van der Waals surface area contributed by atoms with E-state index in [0.717, 1.165) is 18.8 Å². The Kier molecular flexibility index (Phi) is 7.88. The highest BCUT2D eigenvalue weighted by Crippen LogP contribution is 2.31. The van der Waals surface area contributed by atoms with Crippen LogP contribution >= 0.6 is 11.9 Å². The number of aromatic nitrogens is 2. The summed E-state index contributed by atoms with van der Waals surface area (Å²) < 4.78 is 8.35. The molecule has 1 aromatic heterocycles. The van der Waals surface area contributed by atoms with Gasteiger partial charge in [-0.25, -0.2) is 0 Å². The lowest BCUT2D eigenvalue weighted by atomic mass is 9.84. The van der Waals surface area contributed by atoms with Crippen LogP contribution in [0.1, 0.15) is 75.4 Å². The highest BCUT2D eigenvalue weighted by Gasteiger charge is 2.23. The molecule has 23 heavy (non-hydrogen) atoms. The van der Waals surface area contributed by atoms with Gasteiger partial charge in [-0.15, -0.1) is 0 Å². The van der Waals surface area contributed by atoms with E-state index in [1.54, 1.807) is 0 Å². The molecule has 1 aromatic rings. The Morgan fingerprint density at radius 2 is 2.22 bits per heavy atom. The molecule has 2 N–H and O–H groups in total. The van der Waals surface area contributed by atoms with Crippen LogP contribution in [0.4, 0.5) is 0 Å². The number of hydrogen-bond acceptors (Lipinski definition) is 6. The number of carbonyl (C=O) groups is 1. The largest absolute Gasteiger partial charge is 0.481 e. The standard InChI is InChI=1S/C16H27N3O3S/c1-23-17-11-14-18-16(22-19-14)13(10-15(20)21)9-5-8-12-6-3-2-4-7-12/h12-13,17H,2-11H2,1H3,(H,20,21). The second kappa shape index (κ2) is 9.93. The third-order valence-electron chi connectivity index (χ3n) is 4.52. The average Bonchev–Trinajstić information content (AvgIpc) is 3.01. The van der Waals surface area contributed by atoms with Crippen LogP contribution in [0.25, 0.3) is 0 Å². The zero-order valence-electron chi connectivity index (χ0n) is 13.8. The molecule has 1 saturated carbocycles. The van der Waals surface area contributed by atoms with Gasteiger partial charge in [0.25, 0.3) is 0 Å². The van der Waals surface area contributed by atoms with E-state index in [-0.39, 0.29) is 12.3 Å². The van der Waals surface area contributed by atoms with Gasteiger partial charge in [0.1, 0.15) is 0 Å².